The van der Waals surface area contributed by atoms with Crippen molar-refractivity contribution in [2.75, 3.05) is 0 Å². The number of alkyl halides is 3. The summed E-state index contributed by atoms with van der Waals surface area (Å²) in [5.74, 6) is -1.70. The predicted octanol–water partition coefficient (Wildman–Crippen LogP) is 3.26. The van der Waals surface area contributed by atoms with Crippen molar-refractivity contribution in [2.24, 2.45) is 0 Å². The van der Waals surface area contributed by atoms with Gasteiger partial charge in [-0.15, -0.1) is 0 Å². The topological polar surface area (TPSA) is 43.1 Å². The van der Waals surface area contributed by atoms with E-state index in [2.05, 4.69) is 0 Å². The fourth-order valence-corrected chi connectivity index (χ4v) is 1.10. The van der Waals surface area contributed by atoms with Crippen molar-refractivity contribution < 1.29 is 18.1 Å². The van der Waals surface area contributed by atoms with Gasteiger partial charge in [0.05, 0.1) is 10.8 Å². The molecule has 15 heavy (non-hydrogen) atoms. The second-order valence-corrected chi connectivity index (χ2v) is 3.12. The summed E-state index contributed by atoms with van der Waals surface area (Å²) in [6, 6.07) is 4.58. The Kier molecular flexibility index (Phi) is 2.97. The summed E-state index contributed by atoms with van der Waals surface area (Å²) in [5.41, 5.74) is -0.430. The number of rotatable bonds is 2. The maximum Gasteiger partial charge on any atom is 0.395 e. The van der Waals surface area contributed by atoms with Gasteiger partial charge in [0.1, 0.15) is 0 Å². The van der Waals surface area contributed by atoms with Gasteiger partial charge in [0.2, 0.25) is 0 Å². The normalized spacial score (nSPS) is 13.6. The molecule has 0 bridgehead atoms. The molecular formula is C9H8F3NO2. The van der Waals surface area contributed by atoms with E-state index in [9.17, 15) is 23.3 Å². The molecule has 0 saturated carbocycles. The molecule has 1 aromatic carbocycles. The Morgan fingerprint density at radius 1 is 1.40 bits per heavy atom. The van der Waals surface area contributed by atoms with Gasteiger partial charge in [-0.1, -0.05) is 12.1 Å². The van der Waals surface area contributed by atoms with Gasteiger partial charge in [-0.2, -0.15) is 13.2 Å². The first-order chi connectivity index (χ1) is 6.82. The third kappa shape index (κ3) is 2.68. The van der Waals surface area contributed by atoms with E-state index in [0.717, 1.165) is 19.1 Å². The van der Waals surface area contributed by atoms with E-state index in [1.54, 1.807) is 0 Å². The second-order valence-electron chi connectivity index (χ2n) is 3.12. The molecule has 0 aliphatic carbocycles. The lowest BCUT2D eigenvalue weighted by molar-refractivity contribution is -0.385. The van der Waals surface area contributed by atoms with E-state index in [0.29, 0.717) is 0 Å². The number of nitrogens with zero attached hydrogens (tertiary/aromatic N) is 1. The van der Waals surface area contributed by atoms with Crippen molar-refractivity contribution in [3.63, 3.8) is 0 Å². The van der Waals surface area contributed by atoms with E-state index in [4.69, 9.17) is 0 Å². The highest BCUT2D eigenvalue weighted by Gasteiger charge is 2.37. The van der Waals surface area contributed by atoms with Gasteiger partial charge in [-0.05, 0) is 12.5 Å². The molecule has 0 fully saturated rings. The molecule has 0 aromatic heterocycles. The van der Waals surface area contributed by atoms with E-state index in [-0.39, 0.29) is 11.3 Å². The monoisotopic (exact) mass is 219 g/mol. The van der Waals surface area contributed by atoms with E-state index < -0.39 is 17.0 Å². The summed E-state index contributed by atoms with van der Waals surface area (Å²) in [6.45, 7) is 0.971. The Bertz CT molecular complexity index is 376. The quantitative estimate of drug-likeness (QED) is 0.566. The third-order valence-electron chi connectivity index (χ3n) is 2.07. The molecule has 0 radical (unpaired) electrons. The van der Waals surface area contributed by atoms with Gasteiger partial charge >= 0.3 is 6.18 Å². The summed E-state index contributed by atoms with van der Waals surface area (Å²) >= 11 is 0. The minimum Gasteiger partial charge on any atom is -0.258 e. The average molecular weight is 219 g/mol. The molecule has 0 amide bonds. The summed E-state index contributed by atoms with van der Waals surface area (Å²) in [5, 5.41) is 10.3. The van der Waals surface area contributed by atoms with Crippen LogP contribution in [0.25, 0.3) is 0 Å². The first-order valence-corrected chi connectivity index (χ1v) is 4.13. The average Bonchev–Trinajstić information content (AvgIpc) is 2.15. The number of nitro benzene ring substituents is 1. The van der Waals surface area contributed by atoms with Gasteiger partial charge < -0.3 is 0 Å². The van der Waals surface area contributed by atoms with Crippen molar-refractivity contribution in [2.45, 2.75) is 19.0 Å². The van der Waals surface area contributed by atoms with Gasteiger partial charge in [0.25, 0.3) is 5.69 Å². The zero-order valence-electron chi connectivity index (χ0n) is 7.78. The van der Waals surface area contributed by atoms with Crippen LogP contribution in [0.3, 0.4) is 0 Å². The molecule has 0 spiro atoms. The highest BCUT2D eigenvalue weighted by molar-refractivity contribution is 5.36. The van der Waals surface area contributed by atoms with Crippen LogP contribution in [0.4, 0.5) is 18.9 Å². The standard InChI is InChI=1S/C9H8F3NO2/c1-6(9(10,11)12)7-3-2-4-8(5-7)13(14)15/h2-6H,1H3. The second kappa shape index (κ2) is 3.88. The SMILES string of the molecule is CC(c1cccc([N+](=O)[O-])c1)C(F)(F)F. The number of hydrogen-bond donors (Lipinski definition) is 0. The van der Waals surface area contributed by atoms with E-state index in [1.165, 1.54) is 12.1 Å². The lowest BCUT2D eigenvalue weighted by Gasteiger charge is -2.15. The Hall–Kier alpha value is -1.59. The van der Waals surface area contributed by atoms with Crippen LogP contribution in [-0.2, 0) is 0 Å². The fourth-order valence-electron chi connectivity index (χ4n) is 1.10. The number of nitro groups is 1. The minimum atomic E-state index is -4.38. The molecule has 0 N–H and O–H groups in total. The molecular weight excluding hydrogens is 211 g/mol. The Labute approximate surface area is 83.7 Å². The summed E-state index contributed by atoms with van der Waals surface area (Å²) in [6.07, 6.45) is -4.38. The highest BCUT2D eigenvalue weighted by Crippen LogP contribution is 2.35. The van der Waals surface area contributed by atoms with Crippen LogP contribution >= 0.6 is 0 Å². The lowest BCUT2D eigenvalue weighted by Crippen LogP contribution is -2.17. The number of hydrogen-bond acceptors (Lipinski definition) is 2. The molecule has 0 heterocycles. The maximum atomic E-state index is 12.3. The maximum absolute atomic E-state index is 12.3. The Morgan fingerprint density at radius 2 is 2.00 bits per heavy atom. The smallest absolute Gasteiger partial charge is 0.258 e. The van der Waals surface area contributed by atoms with Gasteiger partial charge in [0, 0.05) is 12.1 Å². The molecule has 6 heteroatoms. The molecule has 1 rings (SSSR count). The van der Waals surface area contributed by atoms with Gasteiger partial charge in [-0.3, -0.25) is 10.1 Å². The van der Waals surface area contributed by atoms with Crippen molar-refractivity contribution in [3.05, 3.63) is 39.9 Å². The molecule has 1 aromatic rings. The molecule has 0 aliphatic heterocycles. The van der Waals surface area contributed by atoms with Crippen LogP contribution in [0.1, 0.15) is 18.4 Å². The number of benzene rings is 1. The fraction of sp³-hybridized carbons (Fsp3) is 0.333. The highest BCUT2D eigenvalue weighted by atomic mass is 19.4. The molecule has 3 nitrogen and oxygen atoms in total. The van der Waals surface area contributed by atoms with Crippen LogP contribution in [-0.4, -0.2) is 11.1 Å². The molecule has 0 saturated heterocycles. The predicted molar refractivity (Wildman–Crippen MR) is 47.6 cm³/mol. The molecule has 82 valence electrons. The van der Waals surface area contributed by atoms with Crippen molar-refractivity contribution in [3.8, 4) is 0 Å². The third-order valence-corrected chi connectivity index (χ3v) is 2.07. The van der Waals surface area contributed by atoms with Crippen molar-refractivity contribution in [1.29, 1.82) is 0 Å². The first kappa shape index (κ1) is 11.5. The number of halogens is 3. The molecule has 1 unspecified atom stereocenters. The summed E-state index contributed by atoms with van der Waals surface area (Å²) < 4.78 is 36.9. The zero-order chi connectivity index (χ0) is 11.6. The van der Waals surface area contributed by atoms with Crippen LogP contribution in [0.2, 0.25) is 0 Å². The molecule has 1 atom stereocenters. The van der Waals surface area contributed by atoms with Gasteiger partial charge in [-0.25, -0.2) is 0 Å². The van der Waals surface area contributed by atoms with Crippen LogP contribution in [0.15, 0.2) is 24.3 Å². The Morgan fingerprint density at radius 3 is 2.47 bits per heavy atom. The molecule has 0 aliphatic rings. The largest absolute Gasteiger partial charge is 0.395 e. The minimum absolute atomic E-state index is 0.100. The van der Waals surface area contributed by atoms with Gasteiger partial charge in [0.15, 0.2) is 0 Å². The number of non-ortho nitro benzene ring substituents is 1. The van der Waals surface area contributed by atoms with E-state index >= 15 is 0 Å². The first-order valence-electron chi connectivity index (χ1n) is 4.13. The van der Waals surface area contributed by atoms with Crippen molar-refractivity contribution >= 4 is 5.69 Å². The zero-order valence-corrected chi connectivity index (χ0v) is 7.78. The van der Waals surface area contributed by atoms with Crippen LogP contribution in [0.5, 0.6) is 0 Å². The van der Waals surface area contributed by atoms with E-state index in [1.807, 2.05) is 0 Å². The Balaban J connectivity index is 3.06. The van der Waals surface area contributed by atoms with Crippen molar-refractivity contribution in [1.82, 2.24) is 0 Å². The van der Waals surface area contributed by atoms with Crippen LogP contribution < -0.4 is 0 Å². The summed E-state index contributed by atoms with van der Waals surface area (Å²) in [4.78, 5) is 9.63. The summed E-state index contributed by atoms with van der Waals surface area (Å²) in [7, 11) is 0. The van der Waals surface area contributed by atoms with Crippen LogP contribution in [0, 0.1) is 10.1 Å². The lowest BCUT2D eigenvalue weighted by atomic mass is 10.0.